The molecule has 1 amide bonds. The number of nitrogens with one attached hydrogen (secondary N) is 1. The van der Waals surface area contributed by atoms with Gasteiger partial charge in [-0.1, -0.05) is 23.2 Å². The van der Waals surface area contributed by atoms with E-state index in [0.717, 1.165) is 5.56 Å². The van der Waals surface area contributed by atoms with E-state index in [2.05, 4.69) is 31.1 Å². The van der Waals surface area contributed by atoms with Gasteiger partial charge >= 0.3 is 5.91 Å². The Morgan fingerprint density at radius 2 is 2.00 bits per heavy atom. The van der Waals surface area contributed by atoms with Crippen LogP contribution in [0.2, 0.25) is 10.0 Å². The van der Waals surface area contributed by atoms with Crippen LogP contribution in [0.3, 0.4) is 0 Å². The molecule has 140 valence electrons. The maximum Gasteiger partial charge on any atom is 0.304 e. The largest absolute Gasteiger partial charge is 0.493 e. The second kappa shape index (κ2) is 7.88. The molecule has 0 bridgehead atoms. The first-order chi connectivity index (χ1) is 12.8. The Bertz CT molecular complexity index is 1070. The molecule has 6 nitrogen and oxygen atoms in total. The molecule has 0 aliphatic rings. The van der Waals surface area contributed by atoms with Crippen LogP contribution in [-0.4, -0.2) is 22.1 Å². The topological polar surface area (TPSA) is 87.0 Å². The summed E-state index contributed by atoms with van der Waals surface area (Å²) in [6.45, 7) is 3.39. The van der Waals surface area contributed by atoms with Crippen molar-refractivity contribution in [1.29, 1.82) is 0 Å². The van der Waals surface area contributed by atoms with Gasteiger partial charge in [-0.3, -0.25) is 4.79 Å². The van der Waals surface area contributed by atoms with Crippen LogP contribution in [0, 0.1) is 6.92 Å². The van der Waals surface area contributed by atoms with E-state index in [0.29, 0.717) is 31.2 Å². The zero-order valence-electron chi connectivity index (χ0n) is 14.3. The van der Waals surface area contributed by atoms with Gasteiger partial charge in [-0.15, -0.1) is 10.2 Å². The summed E-state index contributed by atoms with van der Waals surface area (Å²) in [5.41, 5.74) is 1.52. The quantitative estimate of drug-likeness (QED) is 0.436. The summed E-state index contributed by atoms with van der Waals surface area (Å²) in [4.78, 5) is 15.0. The fraction of sp³-hybridized carbons (Fsp3) is 0.167. The van der Waals surface area contributed by atoms with Gasteiger partial charge in [0.05, 0.1) is 5.52 Å². The van der Waals surface area contributed by atoms with E-state index in [-0.39, 0.29) is 11.6 Å². The van der Waals surface area contributed by atoms with Gasteiger partial charge in [0.2, 0.25) is 5.88 Å². The van der Waals surface area contributed by atoms with Crippen LogP contribution in [0.1, 0.15) is 12.5 Å². The summed E-state index contributed by atoms with van der Waals surface area (Å²) in [5.74, 6) is -0.285. The highest BCUT2D eigenvalue weighted by molar-refractivity contribution is 9.10. The molecule has 2 N–H and O–H groups in total. The highest BCUT2D eigenvalue weighted by Crippen LogP contribution is 2.40. The summed E-state index contributed by atoms with van der Waals surface area (Å²) >= 11 is 15.3. The van der Waals surface area contributed by atoms with Crippen molar-refractivity contribution in [3.8, 4) is 11.6 Å². The number of H-pyrrole nitrogens is 1. The Balaban J connectivity index is 1.82. The first-order valence-electron chi connectivity index (χ1n) is 7.84. The van der Waals surface area contributed by atoms with E-state index in [4.69, 9.17) is 27.9 Å². The van der Waals surface area contributed by atoms with Crippen molar-refractivity contribution < 1.29 is 14.6 Å². The molecule has 1 unspecified atom stereocenters. The number of aromatic nitrogens is 1. The molecule has 0 fully saturated rings. The van der Waals surface area contributed by atoms with Gasteiger partial charge in [0.25, 0.3) is 0 Å². The SMILES string of the molecule is Cc1cc(Cl)ccc1OC(C)C(=O)N=Nc1c(O)[nH]c2c(Br)cc(Cl)cc12. The molecule has 0 spiro atoms. The second-order valence-electron chi connectivity index (χ2n) is 5.84. The van der Waals surface area contributed by atoms with Crippen LogP contribution in [0.25, 0.3) is 10.9 Å². The number of hydrogen-bond acceptors (Lipinski definition) is 4. The van der Waals surface area contributed by atoms with E-state index < -0.39 is 12.0 Å². The predicted molar refractivity (Wildman–Crippen MR) is 108 cm³/mol. The minimum Gasteiger partial charge on any atom is -0.493 e. The number of hydrogen-bond donors (Lipinski definition) is 2. The summed E-state index contributed by atoms with van der Waals surface area (Å²) < 4.78 is 6.28. The van der Waals surface area contributed by atoms with Crippen LogP contribution in [-0.2, 0) is 4.79 Å². The number of azo groups is 1. The van der Waals surface area contributed by atoms with E-state index in [1.165, 1.54) is 0 Å². The van der Waals surface area contributed by atoms with Gasteiger partial charge in [-0.25, -0.2) is 0 Å². The van der Waals surface area contributed by atoms with Gasteiger partial charge in [0.1, 0.15) is 5.75 Å². The summed E-state index contributed by atoms with van der Waals surface area (Å²) in [7, 11) is 0. The van der Waals surface area contributed by atoms with Crippen molar-refractivity contribution in [1.82, 2.24) is 4.98 Å². The Morgan fingerprint density at radius 3 is 2.70 bits per heavy atom. The highest BCUT2D eigenvalue weighted by atomic mass is 79.9. The Hall–Kier alpha value is -2.09. The van der Waals surface area contributed by atoms with Crippen LogP contribution >= 0.6 is 39.1 Å². The number of halogens is 3. The number of nitrogens with zero attached hydrogens (tertiary/aromatic N) is 2. The van der Waals surface area contributed by atoms with Crippen LogP contribution in [0.5, 0.6) is 11.6 Å². The molecule has 27 heavy (non-hydrogen) atoms. The molecule has 0 aliphatic heterocycles. The molecule has 9 heteroatoms. The number of amides is 1. The first-order valence-corrected chi connectivity index (χ1v) is 9.39. The van der Waals surface area contributed by atoms with E-state index in [1.54, 1.807) is 37.3 Å². The summed E-state index contributed by atoms with van der Waals surface area (Å²) in [6.07, 6.45) is -0.865. The molecule has 0 radical (unpaired) electrons. The predicted octanol–water partition coefficient (Wildman–Crippen LogP) is 6.33. The van der Waals surface area contributed by atoms with E-state index in [9.17, 15) is 9.90 Å². The number of aromatic amines is 1. The Kier molecular flexibility index (Phi) is 5.74. The highest BCUT2D eigenvalue weighted by Gasteiger charge is 2.18. The lowest BCUT2D eigenvalue weighted by atomic mass is 10.2. The van der Waals surface area contributed by atoms with Crippen molar-refractivity contribution in [2.24, 2.45) is 10.2 Å². The maximum absolute atomic E-state index is 12.3. The van der Waals surface area contributed by atoms with Crippen LogP contribution < -0.4 is 4.74 Å². The zero-order chi connectivity index (χ0) is 19.7. The monoisotopic (exact) mass is 469 g/mol. The smallest absolute Gasteiger partial charge is 0.304 e. The molecule has 1 atom stereocenters. The minimum absolute atomic E-state index is 0.122. The minimum atomic E-state index is -0.865. The molecule has 0 saturated heterocycles. The number of aromatic hydroxyl groups is 1. The third-order valence-electron chi connectivity index (χ3n) is 3.81. The molecule has 1 aromatic heterocycles. The third kappa shape index (κ3) is 4.26. The molecule has 0 saturated carbocycles. The van der Waals surface area contributed by atoms with Crippen molar-refractivity contribution >= 4 is 61.6 Å². The van der Waals surface area contributed by atoms with Crippen molar-refractivity contribution in [2.45, 2.75) is 20.0 Å². The number of ether oxygens (including phenoxy) is 1. The van der Waals surface area contributed by atoms with Crippen LogP contribution in [0.15, 0.2) is 45.0 Å². The molecule has 1 heterocycles. The fourth-order valence-corrected chi connectivity index (χ4v) is 3.60. The van der Waals surface area contributed by atoms with Gasteiger partial charge in [-0.2, -0.15) is 0 Å². The van der Waals surface area contributed by atoms with Crippen molar-refractivity contribution in [2.75, 3.05) is 0 Å². The van der Waals surface area contributed by atoms with Gasteiger partial charge < -0.3 is 14.8 Å². The van der Waals surface area contributed by atoms with Gasteiger partial charge in [0, 0.05) is 19.9 Å². The zero-order valence-corrected chi connectivity index (χ0v) is 17.4. The molecule has 3 rings (SSSR count). The average molecular weight is 471 g/mol. The summed E-state index contributed by atoms with van der Waals surface area (Å²) in [6, 6.07) is 8.39. The number of benzene rings is 2. The Morgan fingerprint density at radius 1 is 1.26 bits per heavy atom. The molecular formula is C18H14BrCl2N3O3. The average Bonchev–Trinajstić information content (AvgIpc) is 2.91. The number of aryl methyl sites for hydroxylation is 1. The lowest BCUT2D eigenvalue weighted by Crippen LogP contribution is -2.21. The second-order valence-corrected chi connectivity index (χ2v) is 7.57. The maximum atomic E-state index is 12.3. The molecule has 3 aromatic rings. The third-order valence-corrected chi connectivity index (χ3v) is 4.89. The molecular weight excluding hydrogens is 457 g/mol. The number of carbonyl (C=O) groups is 1. The number of carbonyl (C=O) groups excluding carboxylic acids is 1. The van der Waals surface area contributed by atoms with Crippen LogP contribution in [0.4, 0.5) is 5.69 Å². The number of fused-ring (bicyclic) bond motifs is 1. The first kappa shape index (κ1) is 19.7. The van der Waals surface area contributed by atoms with Gasteiger partial charge in [-0.05, 0) is 65.7 Å². The number of rotatable bonds is 4. The van der Waals surface area contributed by atoms with Crippen molar-refractivity contribution in [3.63, 3.8) is 0 Å². The molecule has 0 aliphatic carbocycles. The van der Waals surface area contributed by atoms with E-state index in [1.807, 2.05) is 6.92 Å². The normalized spacial score (nSPS) is 12.6. The van der Waals surface area contributed by atoms with Crippen molar-refractivity contribution in [3.05, 3.63) is 50.4 Å². The lowest BCUT2D eigenvalue weighted by molar-refractivity contribution is -0.124. The fourth-order valence-electron chi connectivity index (χ4n) is 2.46. The summed E-state index contributed by atoms with van der Waals surface area (Å²) in [5, 5.41) is 19.2. The van der Waals surface area contributed by atoms with E-state index >= 15 is 0 Å². The lowest BCUT2D eigenvalue weighted by Gasteiger charge is -2.13. The molecule has 2 aromatic carbocycles. The Labute approximate surface area is 173 Å². The standard InChI is InChI=1S/C18H14BrCl2N3O3/c1-8-5-10(20)3-4-14(8)27-9(2)17(25)24-23-16-12-6-11(21)7-13(19)15(12)22-18(16)26/h3-7,9,22,26H,1-2H3. The van der Waals surface area contributed by atoms with Gasteiger partial charge in [0.15, 0.2) is 11.8 Å².